The van der Waals surface area contributed by atoms with Crippen molar-refractivity contribution in [1.82, 2.24) is 4.90 Å². The van der Waals surface area contributed by atoms with Gasteiger partial charge < -0.3 is 9.47 Å². The van der Waals surface area contributed by atoms with Gasteiger partial charge in [-0.05, 0) is 18.8 Å². The van der Waals surface area contributed by atoms with E-state index in [4.69, 9.17) is 4.74 Å². The monoisotopic (exact) mass is 227 g/mol. The molecule has 0 aromatic rings. The molecule has 1 aliphatic carbocycles. The molecule has 1 saturated heterocycles. The lowest BCUT2D eigenvalue weighted by Crippen LogP contribution is -2.46. The van der Waals surface area contributed by atoms with Gasteiger partial charge in [0.2, 0.25) is 0 Å². The van der Waals surface area contributed by atoms with Crippen molar-refractivity contribution in [2.75, 3.05) is 33.4 Å². The minimum atomic E-state index is -0.171. The molecule has 1 heterocycles. The number of rotatable bonds is 4. The zero-order valence-electron chi connectivity index (χ0n) is 9.98. The molecule has 1 atom stereocenters. The van der Waals surface area contributed by atoms with Gasteiger partial charge in [0.05, 0.1) is 26.2 Å². The highest BCUT2D eigenvalue weighted by atomic mass is 16.5. The number of carbonyl (C=O) groups excluding carboxylic acids is 1. The van der Waals surface area contributed by atoms with Gasteiger partial charge in [0.1, 0.15) is 0 Å². The molecule has 16 heavy (non-hydrogen) atoms. The summed E-state index contributed by atoms with van der Waals surface area (Å²) in [5.41, 5.74) is 0. The number of hydrogen-bond donors (Lipinski definition) is 0. The summed E-state index contributed by atoms with van der Waals surface area (Å²) in [6, 6.07) is 0. The second-order valence-electron chi connectivity index (χ2n) is 4.83. The lowest BCUT2D eigenvalue weighted by molar-refractivity contribution is -0.145. The Bertz CT molecular complexity index is 240. The molecule has 1 aliphatic heterocycles. The molecule has 4 nitrogen and oxygen atoms in total. The van der Waals surface area contributed by atoms with Gasteiger partial charge in [-0.15, -0.1) is 0 Å². The Balaban J connectivity index is 1.72. The number of esters is 1. The fraction of sp³-hybridized carbons (Fsp3) is 0.917. The molecule has 0 spiro atoms. The molecule has 0 radical (unpaired) electrons. The fourth-order valence-electron chi connectivity index (χ4n) is 2.38. The first-order valence-electron chi connectivity index (χ1n) is 6.18. The first kappa shape index (κ1) is 11.9. The van der Waals surface area contributed by atoms with E-state index in [-0.39, 0.29) is 12.1 Å². The number of carbonyl (C=O) groups is 1. The van der Waals surface area contributed by atoms with E-state index < -0.39 is 0 Å². The molecule has 0 N–H and O–H groups in total. The minimum Gasteiger partial charge on any atom is -0.469 e. The Morgan fingerprint density at radius 1 is 1.50 bits per heavy atom. The van der Waals surface area contributed by atoms with Crippen LogP contribution in [-0.4, -0.2) is 50.3 Å². The minimum absolute atomic E-state index is 0.0290. The van der Waals surface area contributed by atoms with Crippen LogP contribution in [0, 0.1) is 5.92 Å². The Labute approximate surface area is 96.9 Å². The topological polar surface area (TPSA) is 38.8 Å². The number of hydrogen-bond acceptors (Lipinski definition) is 4. The standard InChI is InChI=1S/C12H21NO3/c1-15-12(14)7-11-9-13(5-6-16-11)8-10-3-2-4-10/h10-11H,2-9H2,1H3. The van der Waals surface area contributed by atoms with Crippen LogP contribution >= 0.6 is 0 Å². The third-order valence-corrected chi connectivity index (χ3v) is 3.59. The average molecular weight is 227 g/mol. The van der Waals surface area contributed by atoms with Crippen LogP contribution in [-0.2, 0) is 14.3 Å². The van der Waals surface area contributed by atoms with Gasteiger partial charge in [-0.2, -0.15) is 0 Å². The largest absolute Gasteiger partial charge is 0.469 e. The number of methoxy groups -OCH3 is 1. The van der Waals surface area contributed by atoms with Gasteiger partial charge in [0.25, 0.3) is 0 Å². The first-order chi connectivity index (χ1) is 7.78. The van der Waals surface area contributed by atoms with Crippen molar-refractivity contribution in [2.24, 2.45) is 5.92 Å². The molecule has 0 aromatic carbocycles. The Morgan fingerprint density at radius 3 is 2.94 bits per heavy atom. The van der Waals surface area contributed by atoms with E-state index >= 15 is 0 Å². The second-order valence-corrected chi connectivity index (χ2v) is 4.83. The van der Waals surface area contributed by atoms with E-state index in [0.717, 1.165) is 25.6 Å². The van der Waals surface area contributed by atoms with Crippen molar-refractivity contribution in [3.63, 3.8) is 0 Å². The molecule has 92 valence electrons. The van der Waals surface area contributed by atoms with Crippen LogP contribution in [0.4, 0.5) is 0 Å². The van der Waals surface area contributed by atoms with Crippen molar-refractivity contribution < 1.29 is 14.3 Å². The molecular weight excluding hydrogens is 206 g/mol. The summed E-state index contributed by atoms with van der Waals surface area (Å²) in [4.78, 5) is 13.6. The highest BCUT2D eigenvalue weighted by Gasteiger charge is 2.26. The van der Waals surface area contributed by atoms with E-state index in [1.54, 1.807) is 0 Å². The summed E-state index contributed by atoms with van der Waals surface area (Å²) in [6.07, 6.45) is 4.55. The zero-order valence-corrected chi connectivity index (χ0v) is 9.98. The molecule has 1 unspecified atom stereocenters. The van der Waals surface area contributed by atoms with Crippen LogP contribution in [0.5, 0.6) is 0 Å². The van der Waals surface area contributed by atoms with Crippen LogP contribution < -0.4 is 0 Å². The summed E-state index contributed by atoms with van der Waals surface area (Å²) in [7, 11) is 1.43. The maximum Gasteiger partial charge on any atom is 0.308 e. The second kappa shape index (κ2) is 5.64. The lowest BCUT2D eigenvalue weighted by atomic mass is 9.85. The highest BCUT2D eigenvalue weighted by molar-refractivity contribution is 5.69. The van der Waals surface area contributed by atoms with Gasteiger partial charge in [-0.3, -0.25) is 9.69 Å². The van der Waals surface area contributed by atoms with Crippen LogP contribution in [0.25, 0.3) is 0 Å². The van der Waals surface area contributed by atoms with Gasteiger partial charge in [0, 0.05) is 19.6 Å². The first-order valence-corrected chi connectivity index (χ1v) is 6.18. The van der Waals surface area contributed by atoms with Crippen LogP contribution in [0.2, 0.25) is 0 Å². The van der Waals surface area contributed by atoms with E-state index in [0.29, 0.717) is 6.42 Å². The van der Waals surface area contributed by atoms with E-state index in [9.17, 15) is 4.79 Å². The normalized spacial score (nSPS) is 27.4. The fourth-order valence-corrected chi connectivity index (χ4v) is 2.38. The Kier molecular flexibility index (Phi) is 4.18. The Hall–Kier alpha value is -0.610. The van der Waals surface area contributed by atoms with Gasteiger partial charge >= 0.3 is 5.97 Å². The van der Waals surface area contributed by atoms with Crippen LogP contribution in [0.15, 0.2) is 0 Å². The van der Waals surface area contributed by atoms with Crippen LogP contribution in [0.1, 0.15) is 25.7 Å². The predicted molar refractivity (Wildman–Crippen MR) is 60.2 cm³/mol. The number of morpholine rings is 1. The quantitative estimate of drug-likeness (QED) is 0.673. The molecule has 2 fully saturated rings. The maximum atomic E-state index is 11.2. The summed E-state index contributed by atoms with van der Waals surface area (Å²) in [5, 5.41) is 0. The molecule has 0 bridgehead atoms. The summed E-state index contributed by atoms with van der Waals surface area (Å²) in [5.74, 6) is 0.715. The highest BCUT2D eigenvalue weighted by Crippen LogP contribution is 2.27. The third-order valence-electron chi connectivity index (χ3n) is 3.59. The van der Waals surface area contributed by atoms with Crippen molar-refractivity contribution in [3.05, 3.63) is 0 Å². The third kappa shape index (κ3) is 3.19. The predicted octanol–water partition coefficient (Wildman–Crippen LogP) is 1.05. The Morgan fingerprint density at radius 2 is 2.31 bits per heavy atom. The summed E-state index contributed by atoms with van der Waals surface area (Å²) in [6.45, 7) is 3.81. The molecule has 2 rings (SSSR count). The molecule has 1 saturated carbocycles. The smallest absolute Gasteiger partial charge is 0.308 e. The maximum absolute atomic E-state index is 11.2. The van der Waals surface area contributed by atoms with Crippen molar-refractivity contribution in [1.29, 1.82) is 0 Å². The summed E-state index contributed by atoms with van der Waals surface area (Å²) < 4.78 is 10.2. The molecular formula is C12H21NO3. The van der Waals surface area contributed by atoms with Crippen molar-refractivity contribution in [2.45, 2.75) is 31.8 Å². The number of nitrogens with zero attached hydrogens (tertiary/aromatic N) is 1. The van der Waals surface area contributed by atoms with Gasteiger partial charge in [-0.25, -0.2) is 0 Å². The number of ether oxygens (including phenoxy) is 2. The van der Waals surface area contributed by atoms with Gasteiger partial charge in [-0.1, -0.05) is 6.42 Å². The van der Waals surface area contributed by atoms with E-state index in [2.05, 4.69) is 9.64 Å². The molecule has 4 heteroatoms. The SMILES string of the molecule is COC(=O)CC1CN(CC2CCC2)CCO1. The average Bonchev–Trinajstić information content (AvgIpc) is 2.24. The van der Waals surface area contributed by atoms with Gasteiger partial charge in [0.15, 0.2) is 0 Å². The van der Waals surface area contributed by atoms with E-state index in [1.165, 1.54) is 32.9 Å². The zero-order chi connectivity index (χ0) is 11.4. The van der Waals surface area contributed by atoms with Crippen molar-refractivity contribution in [3.8, 4) is 0 Å². The van der Waals surface area contributed by atoms with Crippen molar-refractivity contribution >= 4 is 5.97 Å². The molecule has 2 aliphatic rings. The molecule has 0 amide bonds. The van der Waals surface area contributed by atoms with Crippen LogP contribution in [0.3, 0.4) is 0 Å². The molecule has 0 aromatic heterocycles. The summed E-state index contributed by atoms with van der Waals surface area (Å²) >= 11 is 0. The van der Waals surface area contributed by atoms with E-state index in [1.807, 2.05) is 0 Å². The lowest BCUT2D eigenvalue weighted by Gasteiger charge is -2.37.